The zero-order valence-electron chi connectivity index (χ0n) is 6.56. The number of nitrogens with zero attached hydrogens (tertiary/aromatic N) is 1. The number of aliphatic hydroxyl groups is 1. The fraction of sp³-hybridized carbons (Fsp3) is 1.00. The third-order valence-electron chi connectivity index (χ3n) is 2.16. The van der Waals surface area contributed by atoms with Crippen molar-refractivity contribution in [3.63, 3.8) is 0 Å². The van der Waals surface area contributed by atoms with Gasteiger partial charge in [-0.15, -0.1) is 0 Å². The fourth-order valence-corrected chi connectivity index (χ4v) is 3.07. The lowest BCUT2D eigenvalue weighted by molar-refractivity contribution is -0.0265. The van der Waals surface area contributed by atoms with E-state index in [1.165, 1.54) is 0 Å². The van der Waals surface area contributed by atoms with Gasteiger partial charge in [-0.25, -0.2) is 8.78 Å². The Balaban J connectivity index is 2.48. The second kappa shape index (κ2) is 3.16. The molecule has 0 aromatic rings. The topological polar surface area (TPSA) is 23.5 Å². The predicted octanol–water partition coefficient (Wildman–Crippen LogP) is -0.527. The van der Waals surface area contributed by atoms with Gasteiger partial charge in [0, 0.05) is 11.7 Å². The molecule has 0 aromatic carbocycles. The second-order valence-corrected chi connectivity index (χ2v) is 5.17. The van der Waals surface area contributed by atoms with Crippen molar-refractivity contribution in [2.45, 2.75) is 17.6 Å². The molecular weight excluding hydrogens is 168 g/mol. The van der Waals surface area contributed by atoms with E-state index in [9.17, 15) is 8.78 Å². The van der Waals surface area contributed by atoms with Crippen LogP contribution in [-0.2, 0) is 0 Å². The smallest absolute Gasteiger partial charge is 0.257 e. The van der Waals surface area contributed by atoms with E-state index in [-0.39, 0.29) is 24.9 Å². The monoisotopic (exact) mass is 181 g/mol. The van der Waals surface area contributed by atoms with Crippen LogP contribution in [0.3, 0.4) is 0 Å². The Morgan fingerprint density at radius 1 is 1.73 bits per heavy atom. The zero-order chi connectivity index (χ0) is 8.48. The third kappa shape index (κ3) is 2.21. The van der Waals surface area contributed by atoms with E-state index in [0.717, 1.165) is 0 Å². The lowest BCUT2D eigenvalue weighted by Crippen LogP contribution is -2.51. The van der Waals surface area contributed by atoms with Gasteiger partial charge in [0.1, 0.15) is 0 Å². The molecule has 11 heavy (non-hydrogen) atoms. The molecule has 0 unspecified atom stereocenters. The highest BCUT2D eigenvalue weighted by Gasteiger charge is 2.37. The minimum absolute atomic E-state index is 0.0405. The molecule has 0 saturated carbocycles. The number of aliphatic hydroxyl groups excluding tert-OH is 1. The molecule has 0 amide bonds. The maximum absolute atomic E-state index is 12.7. The summed E-state index contributed by atoms with van der Waals surface area (Å²) in [6.45, 7) is -0.149. The lowest BCUT2D eigenvalue weighted by Gasteiger charge is -2.35. The third-order valence-corrected chi connectivity index (χ3v) is 4.73. The SMILES string of the molecule is CN1CC(F)(F)C[SiH2][C@H]1CO. The van der Waals surface area contributed by atoms with Crippen LogP contribution in [0.25, 0.3) is 0 Å². The molecule has 1 atom stereocenters. The molecule has 1 heterocycles. The summed E-state index contributed by atoms with van der Waals surface area (Å²) >= 11 is 0. The summed E-state index contributed by atoms with van der Waals surface area (Å²) in [5, 5.41) is 8.78. The first-order chi connectivity index (χ1) is 5.05. The van der Waals surface area contributed by atoms with Crippen LogP contribution in [0, 0.1) is 0 Å². The van der Waals surface area contributed by atoms with E-state index in [0.29, 0.717) is 0 Å². The zero-order valence-corrected chi connectivity index (χ0v) is 7.97. The van der Waals surface area contributed by atoms with Gasteiger partial charge in [0.2, 0.25) is 0 Å². The van der Waals surface area contributed by atoms with Gasteiger partial charge in [0.05, 0.1) is 22.7 Å². The molecule has 1 N–H and O–H groups in total. The minimum atomic E-state index is -2.49. The van der Waals surface area contributed by atoms with Gasteiger partial charge in [-0.2, -0.15) is 0 Å². The Kier molecular flexibility index (Phi) is 2.61. The number of hydrogen-bond donors (Lipinski definition) is 1. The number of alkyl halides is 2. The van der Waals surface area contributed by atoms with Crippen LogP contribution in [0.1, 0.15) is 0 Å². The molecule has 1 rings (SSSR count). The standard InChI is InChI=1S/C6H13F2NOSi/c1-9-3-6(7,8)4-11-5(9)2-10/h5,10H,2-4,11H2,1H3/t5-/m0/s1. The molecule has 0 bridgehead atoms. The first-order valence-electron chi connectivity index (χ1n) is 3.74. The summed E-state index contributed by atoms with van der Waals surface area (Å²) in [7, 11) is 0.850. The minimum Gasteiger partial charge on any atom is -0.395 e. The molecule has 66 valence electrons. The predicted molar refractivity (Wildman–Crippen MR) is 41.8 cm³/mol. The Hall–Kier alpha value is -0.00312. The number of halogens is 2. The van der Waals surface area contributed by atoms with Gasteiger partial charge < -0.3 is 5.11 Å². The normalized spacial score (nSPS) is 34.4. The summed E-state index contributed by atoms with van der Waals surface area (Å²) in [5.41, 5.74) is 0.0645. The van der Waals surface area contributed by atoms with Gasteiger partial charge in [-0.3, -0.25) is 4.90 Å². The average molecular weight is 181 g/mol. The van der Waals surface area contributed by atoms with Crippen LogP contribution in [0.4, 0.5) is 8.78 Å². The van der Waals surface area contributed by atoms with E-state index >= 15 is 0 Å². The Labute approximate surface area is 67.0 Å². The van der Waals surface area contributed by atoms with Crippen LogP contribution in [0.15, 0.2) is 0 Å². The first kappa shape index (κ1) is 9.09. The van der Waals surface area contributed by atoms with Crippen LogP contribution < -0.4 is 0 Å². The van der Waals surface area contributed by atoms with E-state index in [4.69, 9.17) is 5.11 Å². The van der Waals surface area contributed by atoms with Crippen molar-refractivity contribution < 1.29 is 13.9 Å². The highest BCUT2D eigenvalue weighted by atomic mass is 28.2. The molecule has 1 saturated heterocycles. The first-order valence-corrected chi connectivity index (χ1v) is 5.56. The van der Waals surface area contributed by atoms with Crippen molar-refractivity contribution in [1.82, 2.24) is 4.90 Å². The van der Waals surface area contributed by atoms with Crippen molar-refractivity contribution >= 4 is 9.52 Å². The van der Waals surface area contributed by atoms with E-state index < -0.39 is 15.4 Å². The number of likely N-dealkylation sites (N-methyl/N-ethyl adjacent to an activating group) is 1. The molecule has 1 fully saturated rings. The highest BCUT2D eigenvalue weighted by molar-refractivity contribution is 6.38. The van der Waals surface area contributed by atoms with Gasteiger partial charge in [-0.05, 0) is 7.05 Å². The summed E-state index contributed by atoms with van der Waals surface area (Å²) in [5.74, 6) is -2.49. The Morgan fingerprint density at radius 2 is 2.36 bits per heavy atom. The van der Waals surface area contributed by atoms with E-state index in [1.54, 1.807) is 11.9 Å². The Bertz CT molecular complexity index is 145. The Morgan fingerprint density at radius 3 is 2.82 bits per heavy atom. The summed E-state index contributed by atoms with van der Waals surface area (Å²) in [4.78, 5) is 1.58. The summed E-state index contributed by atoms with van der Waals surface area (Å²) in [6, 6.07) is 0.0442. The van der Waals surface area contributed by atoms with Crippen molar-refractivity contribution in [3.8, 4) is 0 Å². The van der Waals surface area contributed by atoms with Crippen LogP contribution >= 0.6 is 0 Å². The fourth-order valence-electron chi connectivity index (χ4n) is 1.40. The van der Waals surface area contributed by atoms with E-state index in [1.807, 2.05) is 0 Å². The largest absolute Gasteiger partial charge is 0.395 e. The summed E-state index contributed by atoms with van der Waals surface area (Å²) in [6.07, 6.45) is 0. The molecular formula is C6H13F2NOSi. The number of hydrogen-bond acceptors (Lipinski definition) is 2. The van der Waals surface area contributed by atoms with Crippen LogP contribution in [0.5, 0.6) is 0 Å². The van der Waals surface area contributed by atoms with Crippen molar-refractivity contribution in [2.75, 3.05) is 20.2 Å². The van der Waals surface area contributed by atoms with Crippen molar-refractivity contribution in [2.24, 2.45) is 0 Å². The van der Waals surface area contributed by atoms with Crippen molar-refractivity contribution in [1.29, 1.82) is 0 Å². The molecule has 5 heteroatoms. The van der Waals surface area contributed by atoms with Gasteiger partial charge in [0.15, 0.2) is 0 Å². The maximum atomic E-state index is 12.7. The molecule has 0 aliphatic carbocycles. The lowest BCUT2D eigenvalue weighted by atomic mass is 10.3. The number of rotatable bonds is 1. The summed E-state index contributed by atoms with van der Waals surface area (Å²) < 4.78 is 25.4. The molecule has 0 spiro atoms. The van der Waals surface area contributed by atoms with Crippen molar-refractivity contribution in [3.05, 3.63) is 0 Å². The molecule has 0 aromatic heterocycles. The molecule has 0 radical (unpaired) electrons. The van der Waals surface area contributed by atoms with Crippen LogP contribution in [0.2, 0.25) is 6.04 Å². The van der Waals surface area contributed by atoms with E-state index in [2.05, 4.69) is 0 Å². The maximum Gasteiger partial charge on any atom is 0.257 e. The molecule has 1 aliphatic rings. The molecule has 1 aliphatic heterocycles. The highest BCUT2D eigenvalue weighted by Crippen LogP contribution is 2.25. The van der Waals surface area contributed by atoms with Gasteiger partial charge in [0.25, 0.3) is 5.92 Å². The van der Waals surface area contributed by atoms with Gasteiger partial charge >= 0.3 is 0 Å². The van der Waals surface area contributed by atoms with Gasteiger partial charge in [-0.1, -0.05) is 0 Å². The molecule has 2 nitrogen and oxygen atoms in total. The average Bonchev–Trinajstić information content (AvgIpc) is 1.86. The quantitative estimate of drug-likeness (QED) is 0.550. The second-order valence-electron chi connectivity index (χ2n) is 3.15. The van der Waals surface area contributed by atoms with Crippen LogP contribution in [-0.4, -0.2) is 51.3 Å².